The van der Waals surface area contributed by atoms with Crippen molar-refractivity contribution < 1.29 is 9.90 Å². The first-order valence-corrected chi connectivity index (χ1v) is 8.26. The van der Waals surface area contributed by atoms with Crippen molar-refractivity contribution in [3.63, 3.8) is 0 Å². The van der Waals surface area contributed by atoms with Crippen LogP contribution < -0.4 is 0 Å². The van der Waals surface area contributed by atoms with Crippen molar-refractivity contribution >= 4 is 16.9 Å². The topological polar surface area (TPSA) is 53.1 Å². The summed E-state index contributed by atoms with van der Waals surface area (Å²) < 4.78 is 0. The molecule has 3 aromatic rings. The minimum absolute atomic E-state index is 0.205. The summed E-state index contributed by atoms with van der Waals surface area (Å²) in [6.45, 7) is 8.74. The molecule has 1 atom stereocenters. The standard InChI is InChI=1S/C21H23NO2/c1-13(2)21(4,15-10-8-14(3)9-11-15)18-12-22-19-16(18)6-5-7-17(19)20(23)24/h5-13,22H,1-4H3,(H,23,24). The van der Waals surface area contributed by atoms with Crippen molar-refractivity contribution in [2.75, 3.05) is 0 Å². The Kier molecular flexibility index (Phi) is 3.96. The van der Waals surface area contributed by atoms with Crippen molar-refractivity contribution in [3.05, 3.63) is 70.9 Å². The van der Waals surface area contributed by atoms with Crippen molar-refractivity contribution in [3.8, 4) is 0 Å². The fourth-order valence-electron chi connectivity index (χ4n) is 3.46. The van der Waals surface area contributed by atoms with Gasteiger partial charge in [-0.15, -0.1) is 0 Å². The predicted octanol–water partition coefficient (Wildman–Crippen LogP) is 5.14. The van der Waals surface area contributed by atoms with Crippen LogP contribution in [0.1, 0.15) is 47.8 Å². The van der Waals surface area contributed by atoms with Crippen LogP contribution in [0.25, 0.3) is 10.9 Å². The highest BCUT2D eigenvalue weighted by molar-refractivity contribution is 6.03. The van der Waals surface area contributed by atoms with Crippen LogP contribution in [0.2, 0.25) is 0 Å². The van der Waals surface area contributed by atoms with Gasteiger partial charge in [-0.3, -0.25) is 0 Å². The minimum atomic E-state index is -0.907. The first kappa shape index (κ1) is 16.3. The van der Waals surface area contributed by atoms with E-state index in [1.165, 1.54) is 11.1 Å². The van der Waals surface area contributed by atoms with E-state index in [0.717, 1.165) is 10.9 Å². The lowest BCUT2D eigenvalue weighted by Gasteiger charge is -2.35. The molecule has 0 amide bonds. The van der Waals surface area contributed by atoms with Gasteiger partial charge in [0.1, 0.15) is 0 Å². The molecule has 0 bridgehead atoms. The summed E-state index contributed by atoms with van der Waals surface area (Å²) >= 11 is 0. The average molecular weight is 321 g/mol. The van der Waals surface area contributed by atoms with Gasteiger partial charge in [0.15, 0.2) is 0 Å². The smallest absolute Gasteiger partial charge is 0.337 e. The number of fused-ring (bicyclic) bond motifs is 1. The van der Waals surface area contributed by atoms with Crippen molar-refractivity contribution in [2.24, 2.45) is 5.92 Å². The van der Waals surface area contributed by atoms with Gasteiger partial charge in [-0.2, -0.15) is 0 Å². The van der Waals surface area contributed by atoms with E-state index in [1.54, 1.807) is 6.07 Å². The number of aryl methyl sites for hydroxylation is 1. The third kappa shape index (κ3) is 2.41. The molecule has 0 radical (unpaired) electrons. The maximum absolute atomic E-state index is 11.5. The van der Waals surface area contributed by atoms with Crippen LogP contribution in [0.4, 0.5) is 0 Å². The van der Waals surface area contributed by atoms with Gasteiger partial charge in [-0.05, 0) is 30.0 Å². The second-order valence-corrected chi connectivity index (χ2v) is 6.96. The monoisotopic (exact) mass is 321 g/mol. The number of hydrogen-bond acceptors (Lipinski definition) is 1. The number of para-hydroxylation sites is 1. The molecule has 2 N–H and O–H groups in total. The van der Waals surface area contributed by atoms with Crippen molar-refractivity contribution in [1.29, 1.82) is 0 Å². The number of carboxylic acids is 1. The number of aromatic carboxylic acids is 1. The highest BCUT2D eigenvalue weighted by Gasteiger charge is 2.35. The van der Waals surface area contributed by atoms with Gasteiger partial charge in [0.25, 0.3) is 0 Å². The summed E-state index contributed by atoms with van der Waals surface area (Å²) in [5.41, 5.74) is 4.41. The van der Waals surface area contributed by atoms with Gasteiger partial charge in [0.05, 0.1) is 11.1 Å². The summed E-state index contributed by atoms with van der Waals surface area (Å²) in [7, 11) is 0. The van der Waals surface area contributed by atoms with Crippen LogP contribution in [-0.2, 0) is 5.41 Å². The van der Waals surface area contributed by atoms with Crippen LogP contribution in [0.15, 0.2) is 48.7 Å². The highest BCUT2D eigenvalue weighted by Crippen LogP contribution is 2.42. The Morgan fingerprint density at radius 3 is 2.38 bits per heavy atom. The molecular formula is C21H23NO2. The van der Waals surface area contributed by atoms with Gasteiger partial charge in [0.2, 0.25) is 0 Å². The SMILES string of the molecule is Cc1ccc(C(C)(c2c[nH]c3c(C(=O)O)cccc23)C(C)C)cc1. The summed E-state index contributed by atoms with van der Waals surface area (Å²) in [5.74, 6) is -0.553. The Hall–Kier alpha value is -2.55. The molecule has 3 heteroatoms. The van der Waals surface area contributed by atoms with E-state index in [2.05, 4.69) is 56.9 Å². The quantitative estimate of drug-likeness (QED) is 0.699. The summed E-state index contributed by atoms with van der Waals surface area (Å²) in [6, 6.07) is 14.1. The Morgan fingerprint density at radius 2 is 1.79 bits per heavy atom. The third-order valence-electron chi connectivity index (χ3n) is 5.31. The lowest BCUT2D eigenvalue weighted by atomic mass is 9.68. The number of hydrogen-bond donors (Lipinski definition) is 2. The molecule has 0 saturated carbocycles. The molecule has 3 nitrogen and oxygen atoms in total. The van der Waals surface area contributed by atoms with Crippen molar-refractivity contribution in [2.45, 2.75) is 33.1 Å². The van der Waals surface area contributed by atoms with E-state index >= 15 is 0 Å². The van der Waals surface area contributed by atoms with Gasteiger partial charge >= 0.3 is 5.97 Å². The Balaban J connectivity index is 2.27. The normalized spacial score (nSPS) is 14.0. The predicted molar refractivity (Wildman–Crippen MR) is 97.7 cm³/mol. The van der Waals surface area contributed by atoms with Crippen LogP contribution in [-0.4, -0.2) is 16.1 Å². The van der Waals surface area contributed by atoms with Gasteiger partial charge in [0, 0.05) is 17.0 Å². The number of H-pyrrole nitrogens is 1. The fourth-order valence-corrected chi connectivity index (χ4v) is 3.46. The van der Waals surface area contributed by atoms with E-state index in [4.69, 9.17) is 0 Å². The maximum Gasteiger partial charge on any atom is 0.337 e. The summed E-state index contributed by atoms with van der Waals surface area (Å²) in [6.07, 6.45) is 1.97. The molecule has 0 aliphatic rings. The number of carbonyl (C=O) groups is 1. The highest BCUT2D eigenvalue weighted by atomic mass is 16.4. The molecule has 3 rings (SSSR count). The molecule has 1 unspecified atom stereocenters. The average Bonchev–Trinajstić information content (AvgIpc) is 2.98. The van der Waals surface area contributed by atoms with Crippen LogP contribution in [0.5, 0.6) is 0 Å². The molecule has 2 aromatic carbocycles. The zero-order valence-electron chi connectivity index (χ0n) is 14.6. The largest absolute Gasteiger partial charge is 0.478 e. The van der Waals surface area contributed by atoms with Gasteiger partial charge in [-0.25, -0.2) is 4.79 Å². The maximum atomic E-state index is 11.5. The molecule has 124 valence electrons. The second kappa shape index (κ2) is 5.82. The summed E-state index contributed by atoms with van der Waals surface area (Å²) in [4.78, 5) is 14.7. The number of aromatic nitrogens is 1. The molecule has 0 spiro atoms. The van der Waals surface area contributed by atoms with E-state index in [-0.39, 0.29) is 5.41 Å². The lowest BCUT2D eigenvalue weighted by molar-refractivity contribution is 0.0699. The van der Waals surface area contributed by atoms with Crippen LogP contribution >= 0.6 is 0 Å². The minimum Gasteiger partial charge on any atom is -0.478 e. The second-order valence-electron chi connectivity index (χ2n) is 6.96. The molecule has 1 aromatic heterocycles. The number of carboxylic acid groups (broad SMARTS) is 1. The summed E-state index contributed by atoms with van der Waals surface area (Å²) in [5, 5.41) is 10.4. The number of benzene rings is 2. The number of rotatable bonds is 4. The molecule has 0 aliphatic carbocycles. The lowest BCUT2D eigenvalue weighted by Crippen LogP contribution is -2.29. The first-order chi connectivity index (χ1) is 11.4. The van der Waals surface area contributed by atoms with Crippen molar-refractivity contribution in [1.82, 2.24) is 4.98 Å². The number of nitrogens with one attached hydrogen (secondary N) is 1. The molecule has 1 heterocycles. The molecule has 0 aliphatic heterocycles. The molecule has 0 fully saturated rings. The molecule has 24 heavy (non-hydrogen) atoms. The molecular weight excluding hydrogens is 298 g/mol. The zero-order valence-corrected chi connectivity index (χ0v) is 14.6. The van der Waals surface area contributed by atoms with E-state index in [1.807, 2.05) is 18.3 Å². The van der Waals surface area contributed by atoms with Crippen LogP contribution in [0, 0.1) is 12.8 Å². The number of aromatic amines is 1. The van der Waals surface area contributed by atoms with E-state index in [0.29, 0.717) is 17.0 Å². The van der Waals surface area contributed by atoms with E-state index in [9.17, 15) is 9.90 Å². The van der Waals surface area contributed by atoms with Gasteiger partial charge in [-0.1, -0.05) is 62.7 Å². The Morgan fingerprint density at radius 1 is 1.12 bits per heavy atom. The zero-order chi connectivity index (χ0) is 17.5. The van der Waals surface area contributed by atoms with E-state index < -0.39 is 5.97 Å². The van der Waals surface area contributed by atoms with Crippen LogP contribution in [0.3, 0.4) is 0 Å². The Labute approximate surface area is 142 Å². The fraction of sp³-hybridized carbons (Fsp3) is 0.286. The molecule has 0 saturated heterocycles. The van der Waals surface area contributed by atoms with Gasteiger partial charge < -0.3 is 10.1 Å². The first-order valence-electron chi connectivity index (χ1n) is 8.26. The Bertz CT molecular complexity index is 890. The third-order valence-corrected chi connectivity index (χ3v) is 5.31.